The summed E-state index contributed by atoms with van der Waals surface area (Å²) in [5.41, 5.74) is 0.0627. The summed E-state index contributed by atoms with van der Waals surface area (Å²) in [5.74, 6) is 1.71. The Bertz CT molecular complexity index is 730. The summed E-state index contributed by atoms with van der Waals surface area (Å²) in [5, 5.41) is 9.37. The number of anilines is 1. The molecule has 0 saturated carbocycles. The third-order valence-electron chi connectivity index (χ3n) is 2.89. The molecule has 1 amide bonds. The van der Waals surface area contributed by atoms with Crippen LogP contribution in [0, 0.1) is 0 Å². The molecule has 0 aliphatic carbocycles. The molecule has 2 rings (SSSR count). The van der Waals surface area contributed by atoms with Gasteiger partial charge in [0.05, 0.1) is 11.9 Å². The van der Waals surface area contributed by atoms with Crippen molar-refractivity contribution in [1.29, 1.82) is 0 Å². The van der Waals surface area contributed by atoms with Gasteiger partial charge in [0.2, 0.25) is 5.89 Å². The van der Waals surface area contributed by atoms with E-state index in [-0.39, 0.29) is 5.41 Å². The van der Waals surface area contributed by atoms with Gasteiger partial charge in [-0.1, -0.05) is 20.8 Å². The van der Waals surface area contributed by atoms with Crippen LogP contribution in [0.15, 0.2) is 16.7 Å². The van der Waals surface area contributed by atoms with Crippen molar-refractivity contribution >= 4 is 24.1 Å². The molecule has 2 aromatic rings. The van der Waals surface area contributed by atoms with Crippen LogP contribution in [0.1, 0.15) is 58.9 Å². The molecule has 0 radical (unpaired) electrons. The lowest BCUT2D eigenvalue weighted by molar-refractivity contribution is 0.0635. The van der Waals surface area contributed by atoms with Crippen LogP contribution in [-0.4, -0.2) is 26.9 Å². The van der Waals surface area contributed by atoms with Gasteiger partial charge in [0.15, 0.2) is 5.82 Å². The van der Waals surface area contributed by atoms with Gasteiger partial charge < -0.3 is 9.15 Å². The van der Waals surface area contributed by atoms with Crippen molar-refractivity contribution in [1.82, 2.24) is 15.2 Å². The minimum absolute atomic E-state index is 0.0857. The second-order valence-corrected chi connectivity index (χ2v) is 7.48. The number of ether oxygens (including phenoxy) is 1. The number of hydrogen-bond acceptors (Lipinski definition) is 5. The fourth-order valence-electron chi connectivity index (χ4n) is 1.77. The van der Waals surface area contributed by atoms with E-state index in [9.17, 15) is 4.79 Å². The monoisotopic (exact) mass is 332 g/mol. The molecule has 7 heteroatoms. The van der Waals surface area contributed by atoms with E-state index in [2.05, 4.69) is 41.3 Å². The van der Waals surface area contributed by atoms with Gasteiger partial charge in [0, 0.05) is 17.6 Å². The van der Waals surface area contributed by atoms with E-state index in [1.165, 1.54) is 0 Å². The first-order valence-electron chi connectivity index (χ1n) is 7.73. The summed E-state index contributed by atoms with van der Waals surface area (Å²) < 4.78 is 10.8. The molecule has 0 unspecified atom stereocenters. The van der Waals surface area contributed by atoms with E-state index in [0.717, 1.165) is 5.76 Å². The first kappa shape index (κ1) is 17.8. The average Bonchev–Trinajstić information content (AvgIpc) is 3.01. The van der Waals surface area contributed by atoms with Crippen molar-refractivity contribution in [3.05, 3.63) is 29.6 Å². The summed E-state index contributed by atoms with van der Waals surface area (Å²) in [6, 6.07) is 1.69. The van der Waals surface area contributed by atoms with E-state index >= 15 is 0 Å². The summed E-state index contributed by atoms with van der Waals surface area (Å²) in [4.78, 5) is 15.9. The van der Waals surface area contributed by atoms with Crippen LogP contribution < -0.4 is 5.32 Å². The second-order valence-electron chi connectivity index (χ2n) is 7.48. The van der Waals surface area contributed by atoms with Crippen LogP contribution in [0.4, 0.5) is 10.6 Å². The van der Waals surface area contributed by atoms with Crippen LogP contribution in [-0.2, 0) is 10.2 Å². The highest BCUT2D eigenvalue weighted by atomic mass is 16.6. The fraction of sp³-hybridized carbons (Fsp3) is 0.471. The van der Waals surface area contributed by atoms with Crippen molar-refractivity contribution < 1.29 is 13.9 Å². The van der Waals surface area contributed by atoms with Crippen LogP contribution in [0.5, 0.6) is 0 Å². The number of carbonyl (C=O) groups is 1. The quantitative estimate of drug-likeness (QED) is 0.878. The number of amides is 1. The predicted molar refractivity (Wildman–Crippen MR) is 92.6 cm³/mol. The smallest absolute Gasteiger partial charge is 0.413 e. The van der Waals surface area contributed by atoms with Crippen molar-refractivity contribution in [2.24, 2.45) is 0 Å². The lowest BCUT2D eigenvalue weighted by Crippen LogP contribution is -2.27. The van der Waals surface area contributed by atoms with E-state index in [4.69, 9.17) is 9.15 Å². The molecule has 0 spiro atoms. The largest absolute Gasteiger partial charge is 0.444 e. The molecule has 2 N–H and O–H groups in total. The van der Waals surface area contributed by atoms with E-state index in [1.807, 2.05) is 0 Å². The first-order chi connectivity index (χ1) is 11.0. The maximum absolute atomic E-state index is 11.7. The molecular weight excluding hydrogens is 308 g/mol. The molecule has 0 fully saturated rings. The molecular formula is C17H24N4O3. The van der Waals surface area contributed by atoms with Gasteiger partial charge in [-0.05, 0) is 26.8 Å². The SMILES string of the molecule is CC(C)(C)OC(=O)Nc1cc(/C=C/c2ncc(C(C)(C)C)o2)[nH]n1. The molecule has 0 atom stereocenters. The van der Waals surface area contributed by atoms with E-state index < -0.39 is 11.7 Å². The number of hydrogen-bond donors (Lipinski definition) is 2. The van der Waals surface area contributed by atoms with Crippen LogP contribution in [0.25, 0.3) is 12.2 Å². The normalized spacial score (nSPS) is 12.6. The van der Waals surface area contributed by atoms with Gasteiger partial charge in [-0.25, -0.2) is 9.78 Å². The Morgan fingerprint density at radius 3 is 2.54 bits per heavy atom. The Kier molecular flexibility index (Phi) is 4.82. The van der Waals surface area contributed by atoms with Crippen molar-refractivity contribution in [2.45, 2.75) is 52.6 Å². The zero-order valence-corrected chi connectivity index (χ0v) is 14.9. The van der Waals surface area contributed by atoms with E-state index in [1.54, 1.807) is 45.2 Å². The zero-order valence-electron chi connectivity index (χ0n) is 14.9. The highest BCUT2D eigenvalue weighted by Gasteiger charge is 2.19. The molecule has 0 bridgehead atoms. The summed E-state index contributed by atoms with van der Waals surface area (Å²) in [6.07, 6.45) is 4.68. The average molecular weight is 332 g/mol. The van der Waals surface area contributed by atoms with Crippen LogP contribution in [0.3, 0.4) is 0 Å². The Morgan fingerprint density at radius 1 is 1.25 bits per heavy atom. The van der Waals surface area contributed by atoms with Gasteiger partial charge in [-0.2, -0.15) is 5.10 Å². The number of nitrogens with one attached hydrogen (secondary N) is 2. The third kappa shape index (κ3) is 5.26. The number of aromatic amines is 1. The van der Waals surface area contributed by atoms with Crippen molar-refractivity contribution in [3.8, 4) is 0 Å². The first-order valence-corrected chi connectivity index (χ1v) is 7.73. The number of rotatable bonds is 3. The Hall–Kier alpha value is -2.57. The van der Waals surface area contributed by atoms with Crippen molar-refractivity contribution in [2.75, 3.05) is 5.32 Å². The number of aromatic nitrogens is 3. The highest BCUT2D eigenvalue weighted by Crippen LogP contribution is 2.23. The zero-order chi connectivity index (χ0) is 18.0. The lowest BCUT2D eigenvalue weighted by Gasteiger charge is -2.18. The molecule has 24 heavy (non-hydrogen) atoms. The molecule has 2 heterocycles. The molecule has 0 aromatic carbocycles. The van der Waals surface area contributed by atoms with Gasteiger partial charge in [-0.3, -0.25) is 10.4 Å². The molecule has 7 nitrogen and oxygen atoms in total. The summed E-state index contributed by atoms with van der Waals surface area (Å²) in [7, 11) is 0. The Morgan fingerprint density at radius 2 is 1.96 bits per heavy atom. The summed E-state index contributed by atoms with van der Waals surface area (Å²) >= 11 is 0. The minimum atomic E-state index is -0.557. The molecule has 2 aromatic heterocycles. The molecule has 0 saturated heterocycles. The lowest BCUT2D eigenvalue weighted by atomic mass is 9.94. The number of H-pyrrole nitrogens is 1. The Labute approximate surface area is 141 Å². The van der Waals surface area contributed by atoms with Crippen molar-refractivity contribution in [3.63, 3.8) is 0 Å². The number of nitrogens with zero attached hydrogens (tertiary/aromatic N) is 2. The highest BCUT2D eigenvalue weighted by molar-refractivity contribution is 5.84. The van der Waals surface area contributed by atoms with E-state index in [0.29, 0.717) is 17.4 Å². The van der Waals surface area contributed by atoms with Gasteiger partial charge >= 0.3 is 6.09 Å². The number of carbonyl (C=O) groups excluding carboxylic acids is 1. The molecule has 130 valence electrons. The standard InChI is InChI=1S/C17H24N4O3/c1-16(2,3)12-10-18-14(23-12)8-7-11-9-13(21-20-11)19-15(22)24-17(4,5)6/h7-10H,1-6H3,(H2,19,20,21,22)/b8-7+. The summed E-state index contributed by atoms with van der Waals surface area (Å²) in [6.45, 7) is 11.6. The minimum Gasteiger partial charge on any atom is -0.444 e. The Balaban J connectivity index is 1.98. The van der Waals surface area contributed by atoms with Gasteiger partial charge in [0.25, 0.3) is 0 Å². The fourth-order valence-corrected chi connectivity index (χ4v) is 1.77. The number of oxazole rings is 1. The molecule has 0 aliphatic rings. The van der Waals surface area contributed by atoms with Gasteiger partial charge in [-0.15, -0.1) is 0 Å². The van der Waals surface area contributed by atoms with Gasteiger partial charge in [0.1, 0.15) is 11.4 Å². The second kappa shape index (κ2) is 6.51. The predicted octanol–water partition coefficient (Wildman–Crippen LogP) is 4.21. The van der Waals surface area contributed by atoms with Crippen LogP contribution >= 0.6 is 0 Å². The molecule has 0 aliphatic heterocycles. The topological polar surface area (TPSA) is 93.0 Å². The maximum Gasteiger partial charge on any atom is 0.413 e. The van der Waals surface area contributed by atoms with Crippen LogP contribution in [0.2, 0.25) is 0 Å². The maximum atomic E-state index is 11.7. The third-order valence-corrected chi connectivity index (χ3v) is 2.89.